The second-order valence-electron chi connectivity index (χ2n) is 7.88. The molecule has 0 unspecified atom stereocenters. The number of nitrogens with one attached hydrogen (secondary N) is 3. The average Bonchev–Trinajstić information content (AvgIpc) is 3.37. The third kappa shape index (κ3) is 4.89. The molecule has 0 atom stereocenters. The third-order valence-electron chi connectivity index (χ3n) is 5.27. The van der Waals surface area contributed by atoms with Crippen LogP contribution in [0.15, 0.2) is 79.7 Å². The molecule has 0 spiro atoms. The van der Waals surface area contributed by atoms with Gasteiger partial charge in [0.1, 0.15) is 11.2 Å². The second kappa shape index (κ2) is 9.96. The molecular formula is C27H31N5. The Morgan fingerprint density at radius 2 is 2.00 bits per heavy atom. The summed E-state index contributed by atoms with van der Waals surface area (Å²) in [6.07, 6.45) is 11.6. The minimum Gasteiger partial charge on any atom is -0.359 e. The lowest BCUT2D eigenvalue weighted by Crippen LogP contribution is -2.14. The Labute approximate surface area is 190 Å². The molecule has 3 rings (SSSR count). The van der Waals surface area contributed by atoms with Crippen LogP contribution < -0.4 is 5.32 Å². The highest BCUT2D eigenvalue weighted by molar-refractivity contribution is 5.91. The van der Waals surface area contributed by atoms with E-state index in [1.54, 1.807) is 12.2 Å². The number of pyridine rings is 1. The first-order valence-electron chi connectivity index (χ1n) is 10.7. The van der Waals surface area contributed by atoms with E-state index in [-0.39, 0.29) is 0 Å². The van der Waals surface area contributed by atoms with Crippen LogP contribution in [0.4, 0.5) is 0 Å². The summed E-state index contributed by atoms with van der Waals surface area (Å²) < 4.78 is 0. The fourth-order valence-electron chi connectivity index (χ4n) is 3.24. The summed E-state index contributed by atoms with van der Waals surface area (Å²) in [4.78, 5) is 8.36. The fraction of sp³-hybridized carbons (Fsp3) is 0.185. The van der Waals surface area contributed by atoms with Crippen molar-refractivity contribution >= 4 is 22.7 Å². The Morgan fingerprint density at radius 1 is 1.22 bits per heavy atom. The molecule has 3 heterocycles. The van der Waals surface area contributed by atoms with Crippen molar-refractivity contribution in [3.05, 3.63) is 96.7 Å². The highest BCUT2D eigenvalue weighted by Gasteiger charge is 2.14. The van der Waals surface area contributed by atoms with E-state index < -0.39 is 0 Å². The number of hydrogen-bond donors (Lipinski definition) is 3. The van der Waals surface area contributed by atoms with Gasteiger partial charge in [-0.3, -0.25) is 5.10 Å². The number of aromatic amines is 2. The number of fused-ring (bicyclic) bond motifs is 1. The van der Waals surface area contributed by atoms with Crippen molar-refractivity contribution in [3.63, 3.8) is 0 Å². The van der Waals surface area contributed by atoms with Gasteiger partial charge in [0, 0.05) is 17.1 Å². The molecule has 164 valence electrons. The SMILES string of the molecule is C=C/C=C\c1cc(-c2n[nH]c3ccc(C(/C=C(\C=C)NC(=C)C(C)C)=C/C)nc23)[nH]c1C. The number of H-pyrrole nitrogens is 2. The minimum atomic E-state index is 0.325. The Kier molecular flexibility index (Phi) is 7.11. The van der Waals surface area contributed by atoms with Crippen LogP contribution >= 0.6 is 0 Å². The number of hydrogen-bond acceptors (Lipinski definition) is 3. The van der Waals surface area contributed by atoms with E-state index in [0.717, 1.165) is 56.3 Å². The predicted molar refractivity (Wildman–Crippen MR) is 137 cm³/mol. The number of allylic oxidation sites excluding steroid dienone is 7. The van der Waals surface area contributed by atoms with Gasteiger partial charge in [0.15, 0.2) is 0 Å². The Hall–Kier alpha value is -3.86. The van der Waals surface area contributed by atoms with Crippen LogP contribution in [0.25, 0.3) is 34.1 Å². The lowest BCUT2D eigenvalue weighted by Gasteiger charge is -2.14. The molecule has 0 aliphatic heterocycles. The van der Waals surface area contributed by atoms with Crippen molar-refractivity contribution in [1.29, 1.82) is 0 Å². The molecule has 0 amide bonds. The molecule has 0 aliphatic rings. The lowest BCUT2D eigenvalue weighted by atomic mass is 10.1. The maximum atomic E-state index is 4.94. The van der Waals surface area contributed by atoms with Gasteiger partial charge in [0.05, 0.1) is 16.9 Å². The fourth-order valence-corrected chi connectivity index (χ4v) is 3.24. The minimum absolute atomic E-state index is 0.325. The zero-order valence-electron chi connectivity index (χ0n) is 19.3. The zero-order chi connectivity index (χ0) is 23.3. The standard InChI is InChI=1S/C27H31N5/c1-8-11-12-21-16-25(29-19(21)7)27-26-24(31-32-27)14-13-23(30-26)20(9-2)15-22(10-3)28-18(6)17(4)5/h8-17,28-29H,1,3,6H2,2,4-5,7H3,(H,31,32)/b12-11-,20-9+,22-15+. The molecule has 0 radical (unpaired) electrons. The van der Waals surface area contributed by atoms with E-state index in [4.69, 9.17) is 4.98 Å². The van der Waals surface area contributed by atoms with Gasteiger partial charge in [-0.2, -0.15) is 5.10 Å². The maximum absolute atomic E-state index is 4.94. The van der Waals surface area contributed by atoms with Gasteiger partial charge in [-0.1, -0.05) is 57.9 Å². The molecule has 0 aliphatic carbocycles. The van der Waals surface area contributed by atoms with Crippen molar-refractivity contribution in [2.75, 3.05) is 0 Å². The highest BCUT2D eigenvalue weighted by Crippen LogP contribution is 2.28. The van der Waals surface area contributed by atoms with Crippen LogP contribution in [0.5, 0.6) is 0 Å². The van der Waals surface area contributed by atoms with Crippen LogP contribution in [-0.4, -0.2) is 20.2 Å². The Bertz CT molecular complexity index is 1240. The summed E-state index contributed by atoms with van der Waals surface area (Å²) in [5, 5.41) is 11.0. The zero-order valence-corrected chi connectivity index (χ0v) is 19.3. The summed E-state index contributed by atoms with van der Waals surface area (Å²) in [5.41, 5.74) is 9.22. The van der Waals surface area contributed by atoms with Crippen molar-refractivity contribution in [3.8, 4) is 11.4 Å². The van der Waals surface area contributed by atoms with Gasteiger partial charge in [-0.15, -0.1) is 0 Å². The van der Waals surface area contributed by atoms with E-state index in [1.165, 1.54) is 0 Å². The highest BCUT2D eigenvalue weighted by atomic mass is 15.1. The van der Waals surface area contributed by atoms with Gasteiger partial charge in [-0.25, -0.2) is 4.98 Å². The summed E-state index contributed by atoms with van der Waals surface area (Å²) in [6.45, 7) is 20.0. The molecule has 0 bridgehead atoms. The summed E-state index contributed by atoms with van der Waals surface area (Å²) >= 11 is 0. The van der Waals surface area contributed by atoms with Gasteiger partial charge in [-0.05, 0) is 61.3 Å². The largest absolute Gasteiger partial charge is 0.359 e. The Morgan fingerprint density at radius 3 is 2.66 bits per heavy atom. The molecule has 0 saturated heterocycles. The van der Waals surface area contributed by atoms with Gasteiger partial charge in [0.25, 0.3) is 0 Å². The third-order valence-corrected chi connectivity index (χ3v) is 5.27. The van der Waals surface area contributed by atoms with Crippen molar-refractivity contribution in [2.45, 2.75) is 27.7 Å². The van der Waals surface area contributed by atoms with E-state index in [1.807, 2.05) is 50.3 Å². The van der Waals surface area contributed by atoms with Crippen LogP contribution in [-0.2, 0) is 0 Å². The molecule has 5 heteroatoms. The van der Waals surface area contributed by atoms with Crippen LogP contribution in [0.1, 0.15) is 37.7 Å². The summed E-state index contributed by atoms with van der Waals surface area (Å²) in [5.74, 6) is 0.325. The van der Waals surface area contributed by atoms with Crippen molar-refractivity contribution < 1.29 is 0 Å². The number of rotatable bonds is 9. The molecule has 3 aromatic heterocycles. The molecule has 32 heavy (non-hydrogen) atoms. The molecule has 0 saturated carbocycles. The smallest absolute Gasteiger partial charge is 0.135 e. The van der Waals surface area contributed by atoms with E-state index in [0.29, 0.717) is 5.92 Å². The molecule has 5 nitrogen and oxygen atoms in total. The molecule has 0 fully saturated rings. The van der Waals surface area contributed by atoms with Crippen molar-refractivity contribution in [1.82, 2.24) is 25.5 Å². The summed E-state index contributed by atoms with van der Waals surface area (Å²) in [7, 11) is 0. The van der Waals surface area contributed by atoms with E-state index in [2.05, 4.69) is 60.1 Å². The van der Waals surface area contributed by atoms with Gasteiger partial charge in [0.2, 0.25) is 0 Å². The molecular weight excluding hydrogens is 394 g/mol. The first-order chi connectivity index (χ1) is 15.4. The van der Waals surface area contributed by atoms with Crippen LogP contribution in [0.2, 0.25) is 0 Å². The lowest BCUT2D eigenvalue weighted by molar-refractivity contribution is 0.710. The summed E-state index contributed by atoms with van der Waals surface area (Å²) in [6, 6.07) is 6.08. The first kappa shape index (κ1) is 22.8. The van der Waals surface area contributed by atoms with E-state index in [9.17, 15) is 0 Å². The van der Waals surface area contributed by atoms with E-state index >= 15 is 0 Å². The molecule has 3 N–H and O–H groups in total. The van der Waals surface area contributed by atoms with Crippen LogP contribution in [0.3, 0.4) is 0 Å². The average molecular weight is 426 g/mol. The number of nitrogens with zero attached hydrogens (tertiary/aromatic N) is 2. The Balaban J connectivity index is 2.01. The van der Waals surface area contributed by atoms with Gasteiger partial charge < -0.3 is 10.3 Å². The quantitative estimate of drug-likeness (QED) is 0.334. The topological polar surface area (TPSA) is 69.4 Å². The monoisotopic (exact) mass is 425 g/mol. The van der Waals surface area contributed by atoms with Crippen molar-refractivity contribution in [2.24, 2.45) is 5.92 Å². The maximum Gasteiger partial charge on any atom is 0.135 e. The molecule has 0 aromatic carbocycles. The number of aromatic nitrogens is 4. The number of aryl methyl sites for hydroxylation is 1. The normalized spacial score (nSPS) is 12.7. The van der Waals surface area contributed by atoms with Gasteiger partial charge >= 0.3 is 0 Å². The van der Waals surface area contributed by atoms with Crippen LogP contribution in [0, 0.1) is 12.8 Å². The second-order valence-corrected chi connectivity index (χ2v) is 7.88. The first-order valence-corrected chi connectivity index (χ1v) is 10.7. The predicted octanol–water partition coefficient (Wildman–Crippen LogP) is 6.69. The molecule has 3 aromatic rings.